The van der Waals surface area contributed by atoms with Crippen molar-refractivity contribution in [3.05, 3.63) is 46.2 Å². The van der Waals surface area contributed by atoms with Crippen LogP contribution in [0, 0.1) is 5.82 Å². The van der Waals surface area contributed by atoms with Gasteiger partial charge in [-0.1, -0.05) is 13.8 Å². The van der Waals surface area contributed by atoms with Gasteiger partial charge >= 0.3 is 0 Å². The molecule has 1 heterocycles. The van der Waals surface area contributed by atoms with Crippen LogP contribution < -0.4 is 5.32 Å². The van der Waals surface area contributed by atoms with Gasteiger partial charge in [-0.15, -0.1) is 23.1 Å². The van der Waals surface area contributed by atoms with Gasteiger partial charge in [0.05, 0.1) is 5.75 Å². The molecule has 5 heteroatoms. The Balaban J connectivity index is 1.84. The van der Waals surface area contributed by atoms with E-state index in [1.54, 1.807) is 35.2 Å². The van der Waals surface area contributed by atoms with Crippen LogP contribution in [-0.4, -0.2) is 11.0 Å². The van der Waals surface area contributed by atoms with E-state index in [-0.39, 0.29) is 5.82 Å². The molecule has 0 bridgehead atoms. The molecular formula is C14H17FN2S2. The monoisotopic (exact) mass is 296 g/mol. The van der Waals surface area contributed by atoms with E-state index >= 15 is 0 Å². The third-order valence-electron chi connectivity index (χ3n) is 2.46. The predicted octanol–water partition coefficient (Wildman–Crippen LogP) is 4.07. The first-order chi connectivity index (χ1) is 9.13. The highest BCUT2D eigenvalue weighted by Crippen LogP contribution is 2.25. The number of aromatic nitrogens is 1. The van der Waals surface area contributed by atoms with E-state index in [0.29, 0.717) is 6.04 Å². The maximum atomic E-state index is 12.8. The van der Waals surface area contributed by atoms with Gasteiger partial charge in [0.2, 0.25) is 0 Å². The molecule has 1 aromatic heterocycles. The van der Waals surface area contributed by atoms with Crippen molar-refractivity contribution in [2.24, 2.45) is 0 Å². The lowest BCUT2D eigenvalue weighted by Gasteiger charge is -2.04. The average Bonchev–Trinajstić information content (AvgIpc) is 2.84. The molecule has 2 nitrogen and oxygen atoms in total. The van der Waals surface area contributed by atoms with Gasteiger partial charge in [0.15, 0.2) is 0 Å². The molecule has 0 fully saturated rings. The highest BCUT2D eigenvalue weighted by atomic mass is 32.2. The van der Waals surface area contributed by atoms with Gasteiger partial charge in [0.1, 0.15) is 10.8 Å². The van der Waals surface area contributed by atoms with E-state index in [1.165, 1.54) is 17.0 Å². The third-order valence-corrected chi connectivity index (χ3v) is 4.67. The molecule has 0 saturated heterocycles. The summed E-state index contributed by atoms with van der Waals surface area (Å²) < 4.78 is 12.8. The predicted molar refractivity (Wildman–Crippen MR) is 80.1 cm³/mol. The number of halogens is 1. The van der Waals surface area contributed by atoms with Crippen LogP contribution in [0.5, 0.6) is 0 Å². The highest BCUT2D eigenvalue weighted by molar-refractivity contribution is 7.98. The number of thiazole rings is 1. The maximum absolute atomic E-state index is 12.8. The van der Waals surface area contributed by atoms with Gasteiger partial charge in [-0.25, -0.2) is 9.37 Å². The Labute approximate surface area is 121 Å². The first kappa shape index (κ1) is 14.5. The van der Waals surface area contributed by atoms with Crippen molar-refractivity contribution in [2.45, 2.75) is 37.1 Å². The number of nitrogens with one attached hydrogen (secondary N) is 1. The Kier molecular flexibility index (Phi) is 5.36. The molecule has 19 heavy (non-hydrogen) atoms. The lowest BCUT2D eigenvalue weighted by Crippen LogP contribution is -2.21. The van der Waals surface area contributed by atoms with Crippen molar-refractivity contribution in [3.63, 3.8) is 0 Å². The number of hydrogen-bond acceptors (Lipinski definition) is 4. The molecule has 0 atom stereocenters. The molecule has 0 amide bonds. The Morgan fingerprint density at radius 2 is 2.05 bits per heavy atom. The molecule has 1 N–H and O–H groups in total. The molecule has 0 radical (unpaired) electrons. The molecule has 2 aromatic rings. The summed E-state index contributed by atoms with van der Waals surface area (Å²) >= 11 is 3.41. The van der Waals surface area contributed by atoms with Crippen LogP contribution in [0.25, 0.3) is 0 Å². The van der Waals surface area contributed by atoms with Crippen LogP contribution in [0.4, 0.5) is 4.39 Å². The van der Waals surface area contributed by atoms with Crippen molar-refractivity contribution >= 4 is 23.1 Å². The molecule has 0 unspecified atom stereocenters. The molecule has 0 aliphatic rings. The van der Waals surface area contributed by atoms with Crippen molar-refractivity contribution in [3.8, 4) is 0 Å². The Morgan fingerprint density at radius 1 is 1.32 bits per heavy atom. The van der Waals surface area contributed by atoms with Crippen molar-refractivity contribution in [1.29, 1.82) is 0 Å². The zero-order valence-electron chi connectivity index (χ0n) is 11.0. The average molecular weight is 296 g/mol. The quantitative estimate of drug-likeness (QED) is 0.813. The van der Waals surface area contributed by atoms with Crippen molar-refractivity contribution in [2.75, 3.05) is 0 Å². The van der Waals surface area contributed by atoms with Crippen molar-refractivity contribution in [1.82, 2.24) is 10.3 Å². The summed E-state index contributed by atoms with van der Waals surface area (Å²) in [6.45, 7) is 5.13. The summed E-state index contributed by atoms with van der Waals surface area (Å²) in [6, 6.07) is 7.06. The van der Waals surface area contributed by atoms with Gasteiger partial charge < -0.3 is 5.32 Å². The number of thioether (sulfide) groups is 1. The van der Waals surface area contributed by atoms with Crippen LogP contribution in [-0.2, 0) is 12.3 Å². The zero-order valence-corrected chi connectivity index (χ0v) is 12.7. The van der Waals surface area contributed by atoms with Gasteiger partial charge in [0.25, 0.3) is 0 Å². The second kappa shape index (κ2) is 7.03. The molecule has 0 aliphatic carbocycles. The topological polar surface area (TPSA) is 24.9 Å². The lowest BCUT2D eigenvalue weighted by molar-refractivity contribution is 0.593. The minimum Gasteiger partial charge on any atom is -0.310 e. The Hall–Kier alpha value is -0.910. The Bertz CT molecular complexity index is 508. The van der Waals surface area contributed by atoms with E-state index in [0.717, 1.165) is 22.2 Å². The minimum atomic E-state index is -0.194. The fourth-order valence-electron chi connectivity index (χ4n) is 1.48. The fourth-order valence-corrected chi connectivity index (χ4v) is 3.25. The van der Waals surface area contributed by atoms with E-state index in [2.05, 4.69) is 24.1 Å². The van der Waals surface area contributed by atoms with E-state index in [1.807, 2.05) is 6.20 Å². The number of nitrogens with zero attached hydrogens (tertiary/aromatic N) is 1. The number of benzene rings is 1. The van der Waals surface area contributed by atoms with Gasteiger partial charge in [0, 0.05) is 28.6 Å². The molecule has 0 spiro atoms. The smallest absolute Gasteiger partial charge is 0.123 e. The molecule has 2 rings (SSSR count). The van der Waals surface area contributed by atoms with Crippen molar-refractivity contribution < 1.29 is 4.39 Å². The molecular weight excluding hydrogens is 279 g/mol. The van der Waals surface area contributed by atoms with Crippen LogP contribution in [0.2, 0.25) is 0 Å². The molecule has 102 valence electrons. The third kappa shape index (κ3) is 4.93. The van der Waals surface area contributed by atoms with Gasteiger partial charge in [-0.05, 0) is 24.3 Å². The second-order valence-corrected chi connectivity index (χ2v) is 6.75. The Morgan fingerprint density at radius 3 is 2.74 bits per heavy atom. The minimum absolute atomic E-state index is 0.194. The summed E-state index contributed by atoms with van der Waals surface area (Å²) in [5, 5.41) is 4.48. The highest BCUT2D eigenvalue weighted by Gasteiger charge is 2.04. The summed E-state index contributed by atoms with van der Waals surface area (Å²) in [5.41, 5.74) is 0. The molecule has 0 saturated carbocycles. The molecule has 1 aromatic carbocycles. The molecule has 0 aliphatic heterocycles. The van der Waals surface area contributed by atoms with E-state index in [4.69, 9.17) is 0 Å². The van der Waals surface area contributed by atoms with Crippen LogP contribution in [0.15, 0.2) is 35.4 Å². The maximum Gasteiger partial charge on any atom is 0.123 e. The van der Waals surface area contributed by atoms with Gasteiger partial charge in [-0.2, -0.15) is 0 Å². The summed E-state index contributed by atoms with van der Waals surface area (Å²) in [6.07, 6.45) is 1.93. The lowest BCUT2D eigenvalue weighted by atomic mass is 10.4. The van der Waals surface area contributed by atoms with Crippen LogP contribution in [0.1, 0.15) is 23.7 Å². The number of rotatable bonds is 6. The van der Waals surface area contributed by atoms with E-state index < -0.39 is 0 Å². The van der Waals surface area contributed by atoms with E-state index in [9.17, 15) is 4.39 Å². The normalized spacial score (nSPS) is 11.2. The summed E-state index contributed by atoms with van der Waals surface area (Å²) in [4.78, 5) is 6.73. The zero-order chi connectivity index (χ0) is 13.7. The standard InChI is InChI=1S/C14H17FN2S2/c1-10(2)16-7-13-8-17-14(19-13)9-18-12-5-3-11(15)4-6-12/h3-6,8,10,16H,7,9H2,1-2H3. The number of hydrogen-bond donors (Lipinski definition) is 1. The summed E-state index contributed by atoms with van der Waals surface area (Å²) in [7, 11) is 0. The second-order valence-electron chi connectivity index (χ2n) is 4.50. The fraction of sp³-hybridized carbons (Fsp3) is 0.357. The summed E-state index contributed by atoms with van der Waals surface area (Å²) in [5.74, 6) is 0.637. The van der Waals surface area contributed by atoms with Crippen LogP contribution in [0.3, 0.4) is 0 Å². The SMILES string of the molecule is CC(C)NCc1cnc(CSc2ccc(F)cc2)s1. The first-order valence-corrected chi connectivity index (χ1v) is 7.99. The largest absolute Gasteiger partial charge is 0.310 e. The first-order valence-electron chi connectivity index (χ1n) is 6.19. The van der Waals surface area contributed by atoms with Crippen LogP contribution >= 0.6 is 23.1 Å². The van der Waals surface area contributed by atoms with Gasteiger partial charge in [-0.3, -0.25) is 0 Å².